The van der Waals surface area contributed by atoms with Gasteiger partial charge in [0, 0.05) is 27.0 Å². The van der Waals surface area contributed by atoms with Gasteiger partial charge in [-0.15, -0.1) is 0 Å². The Labute approximate surface area is 171 Å². The number of ether oxygens (including phenoxy) is 1. The van der Waals surface area contributed by atoms with Gasteiger partial charge in [-0.1, -0.05) is 70.0 Å². The highest BCUT2D eigenvalue weighted by atomic mass is 79.9. The van der Waals surface area contributed by atoms with Crippen LogP contribution in [0.3, 0.4) is 0 Å². The van der Waals surface area contributed by atoms with Crippen molar-refractivity contribution in [3.63, 3.8) is 0 Å². The standard InChI is InChI=1S/C22H16BrClN2O/c23-16-8-6-15(7-9-16)22-26-20(18-12-17(24)10-11-21(18)27-22)13-19(25-26)14-4-2-1-3-5-14/h1-12,20,22H,13H2. The maximum atomic E-state index is 6.36. The van der Waals surface area contributed by atoms with Crippen LogP contribution in [-0.4, -0.2) is 10.7 Å². The summed E-state index contributed by atoms with van der Waals surface area (Å²) in [5.41, 5.74) is 4.37. The highest BCUT2D eigenvalue weighted by Gasteiger charge is 2.41. The Bertz CT molecular complexity index is 1020. The van der Waals surface area contributed by atoms with E-state index < -0.39 is 0 Å². The van der Waals surface area contributed by atoms with E-state index in [1.807, 2.05) is 48.5 Å². The van der Waals surface area contributed by atoms with Crippen LogP contribution in [0.15, 0.2) is 82.4 Å². The summed E-state index contributed by atoms with van der Waals surface area (Å²) in [6.07, 6.45) is 0.561. The first-order valence-corrected chi connectivity index (χ1v) is 9.99. The third-order valence-corrected chi connectivity index (χ3v) is 5.78. The minimum absolute atomic E-state index is 0.108. The summed E-state index contributed by atoms with van der Waals surface area (Å²) in [5, 5.41) is 7.75. The largest absolute Gasteiger partial charge is 0.464 e. The Morgan fingerprint density at radius 1 is 1.00 bits per heavy atom. The monoisotopic (exact) mass is 438 g/mol. The molecule has 0 bridgehead atoms. The number of benzene rings is 3. The number of nitrogens with zero attached hydrogens (tertiary/aromatic N) is 2. The van der Waals surface area contributed by atoms with Gasteiger partial charge in [-0.2, -0.15) is 5.10 Å². The van der Waals surface area contributed by atoms with Crippen molar-refractivity contribution in [2.24, 2.45) is 5.10 Å². The number of hydrogen-bond donors (Lipinski definition) is 0. The maximum Gasteiger partial charge on any atom is 0.213 e. The van der Waals surface area contributed by atoms with Crippen LogP contribution < -0.4 is 4.74 Å². The minimum atomic E-state index is -0.266. The van der Waals surface area contributed by atoms with Gasteiger partial charge in [0.25, 0.3) is 0 Å². The Morgan fingerprint density at radius 3 is 2.56 bits per heavy atom. The number of rotatable bonds is 2. The van der Waals surface area contributed by atoms with Gasteiger partial charge in [-0.05, 0) is 35.9 Å². The maximum absolute atomic E-state index is 6.36. The molecule has 0 amide bonds. The minimum Gasteiger partial charge on any atom is -0.464 e. The van der Waals surface area contributed by atoms with Gasteiger partial charge in [0.15, 0.2) is 0 Å². The molecule has 2 heterocycles. The first-order valence-electron chi connectivity index (χ1n) is 8.82. The van der Waals surface area contributed by atoms with Crippen LogP contribution in [0.1, 0.15) is 35.4 Å². The summed E-state index contributed by atoms with van der Waals surface area (Å²) in [6.45, 7) is 0. The summed E-state index contributed by atoms with van der Waals surface area (Å²) in [5.74, 6) is 0.873. The van der Waals surface area contributed by atoms with E-state index in [-0.39, 0.29) is 12.3 Å². The molecule has 27 heavy (non-hydrogen) atoms. The lowest BCUT2D eigenvalue weighted by atomic mass is 9.96. The van der Waals surface area contributed by atoms with Crippen LogP contribution in [0, 0.1) is 0 Å². The van der Waals surface area contributed by atoms with Crippen LogP contribution >= 0.6 is 27.5 Å². The quantitative estimate of drug-likeness (QED) is 0.465. The van der Waals surface area contributed by atoms with Crippen molar-refractivity contribution in [3.05, 3.63) is 99.0 Å². The third kappa shape index (κ3) is 3.03. The highest BCUT2D eigenvalue weighted by molar-refractivity contribution is 9.10. The average Bonchev–Trinajstić information content (AvgIpc) is 3.15. The van der Waals surface area contributed by atoms with Crippen molar-refractivity contribution in [2.45, 2.75) is 18.7 Å². The second-order valence-corrected chi connectivity index (χ2v) is 8.07. The molecule has 0 fully saturated rings. The predicted molar refractivity (Wildman–Crippen MR) is 111 cm³/mol. The molecule has 0 radical (unpaired) electrons. The molecule has 2 atom stereocenters. The van der Waals surface area contributed by atoms with Gasteiger partial charge in [0.05, 0.1) is 11.8 Å². The molecule has 2 aliphatic rings. The van der Waals surface area contributed by atoms with Crippen LogP contribution in [0.2, 0.25) is 5.02 Å². The molecule has 2 aliphatic heterocycles. The van der Waals surface area contributed by atoms with E-state index >= 15 is 0 Å². The fourth-order valence-corrected chi connectivity index (χ4v) is 4.16. The van der Waals surface area contributed by atoms with E-state index in [0.717, 1.165) is 39.0 Å². The Kier molecular flexibility index (Phi) is 4.18. The van der Waals surface area contributed by atoms with Gasteiger partial charge in [-0.25, -0.2) is 5.01 Å². The molecule has 3 aromatic rings. The van der Waals surface area contributed by atoms with E-state index in [4.69, 9.17) is 21.4 Å². The number of fused-ring (bicyclic) bond motifs is 3. The zero-order valence-corrected chi connectivity index (χ0v) is 16.7. The van der Waals surface area contributed by atoms with Crippen molar-refractivity contribution >= 4 is 33.2 Å². The average molecular weight is 440 g/mol. The normalized spacial score (nSPS) is 20.5. The molecule has 5 rings (SSSR count). The Morgan fingerprint density at radius 2 is 1.78 bits per heavy atom. The zero-order chi connectivity index (χ0) is 18.4. The van der Waals surface area contributed by atoms with Crippen LogP contribution in [0.25, 0.3) is 0 Å². The Hall–Kier alpha value is -2.30. The van der Waals surface area contributed by atoms with Crippen molar-refractivity contribution in [1.29, 1.82) is 0 Å². The molecular formula is C22H16BrClN2O. The Balaban J connectivity index is 1.61. The first kappa shape index (κ1) is 16.8. The van der Waals surface area contributed by atoms with E-state index in [1.54, 1.807) is 0 Å². The van der Waals surface area contributed by atoms with Crippen molar-refractivity contribution < 1.29 is 4.74 Å². The van der Waals surface area contributed by atoms with Crippen molar-refractivity contribution in [1.82, 2.24) is 5.01 Å². The third-order valence-electron chi connectivity index (χ3n) is 5.01. The van der Waals surface area contributed by atoms with E-state index in [0.29, 0.717) is 5.02 Å². The molecule has 0 aromatic heterocycles. The van der Waals surface area contributed by atoms with Gasteiger partial charge < -0.3 is 4.74 Å². The lowest BCUT2D eigenvalue weighted by Crippen LogP contribution is -2.33. The number of hydrogen-bond acceptors (Lipinski definition) is 3. The van der Waals surface area contributed by atoms with Gasteiger partial charge >= 0.3 is 0 Å². The fraction of sp³-hybridized carbons (Fsp3) is 0.136. The summed E-state index contributed by atoms with van der Waals surface area (Å²) in [7, 11) is 0. The van der Waals surface area contributed by atoms with Crippen LogP contribution in [-0.2, 0) is 0 Å². The molecule has 0 saturated carbocycles. The summed E-state index contributed by atoms with van der Waals surface area (Å²) in [4.78, 5) is 0. The van der Waals surface area contributed by atoms with E-state index in [9.17, 15) is 0 Å². The van der Waals surface area contributed by atoms with Crippen LogP contribution in [0.4, 0.5) is 0 Å². The lowest BCUT2D eigenvalue weighted by Gasteiger charge is -2.38. The summed E-state index contributed by atoms with van der Waals surface area (Å²) in [6, 6.07) is 24.5. The number of hydrazone groups is 1. The lowest BCUT2D eigenvalue weighted by molar-refractivity contribution is -0.0190. The van der Waals surface area contributed by atoms with Gasteiger partial charge in [0.1, 0.15) is 5.75 Å². The summed E-state index contributed by atoms with van der Waals surface area (Å²) < 4.78 is 7.40. The molecule has 0 aliphatic carbocycles. The van der Waals surface area contributed by atoms with Crippen LogP contribution in [0.5, 0.6) is 5.75 Å². The molecule has 0 saturated heterocycles. The SMILES string of the molecule is Clc1ccc2c(c1)C1CC(c3ccccc3)=NN1C(c1ccc(Br)cc1)O2. The first-order chi connectivity index (χ1) is 13.2. The topological polar surface area (TPSA) is 24.8 Å². The number of halogens is 2. The van der Waals surface area contributed by atoms with Gasteiger partial charge in [-0.3, -0.25) is 0 Å². The highest BCUT2D eigenvalue weighted by Crippen LogP contribution is 2.48. The molecule has 2 unspecified atom stereocenters. The fourth-order valence-electron chi connectivity index (χ4n) is 3.71. The molecule has 0 spiro atoms. The van der Waals surface area contributed by atoms with Crippen molar-refractivity contribution in [2.75, 3.05) is 0 Å². The zero-order valence-electron chi connectivity index (χ0n) is 14.3. The van der Waals surface area contributed by atoms with E-state index in [1.165, 1.54) is 0 Å². The smallest absolute Gasteiger partial charge is 0.213 e. The van der Waals surface area contributed by atoms with Crippen molar-refractivity contribution in [3.8, 4) is 5.75 Å². The molecule has 3 aromatic carbocycles. The second-order valence-electron chi connectivity index (χ2n) is 6.72. The molecule has 0 N–H and O–H groups in total. The second kappa shape index (κ2) is 6.70. The molecule has 5 heteroatoms. The molecular weight excluding hydrogens is 424 g/mol. The van der Waals surface area contributed by atoms with Gasteiger partial charge in [0.2, 0.25) is 6.23 Å². The molecule has 134 valence electrons. The summed E-state index contributed by atoms with van der Waals surface area (Å²) >= 11 is 9.78. The molecule has 3 nitrogen and oxygen atoms in total. The van der Waals surface area contributed by atoms with E-state index in [2.05, 4.69) is 45.2 Å². The predicted octanol–water partition coefficient (Wildman–Crippen LogP) is 6.34.